The monoisotopic (exact) mass is 322 g/mol. The normalized spacial score (nSPS) is 10.3. The van der Waals surface area contributed by atoms with Crippen molar-refractivity contribution < 1.29 is 14.0 Å². The standard InChI is InChI=1S/C14H15FN4O2S/c1-2-3-8-16-11(20)13-18-19-14(22-13)12(21)17-10-6-4-9(15)5-7-10/h4-7H,2-3,8H2,1H3,(H,16,20)(H,17,21). The molecule has 6 nitrogen and oxygen atoms in total. The Morgan fingerprint density at radius 3 is 2.41 bits per heavy atom. The van der Waals surface area contributed by atoms with Crippen LogP contribution in [0.1, 0.15) is 39.4 Å². The van der Waals surface area contributed by atoms with E-state index >= 15 is 0 Å². The predicted octanol–water partition coefficient (Wildman–Crippen LogP) is 2.46. The molecular formula is C14H15FN4O2S. The molecule has 0 fully saturated rings. The fraction of sp³-hybridized carbons (Fsp3) is 0.286. The zero-order valence-corrected chi connectivity index (χ0v) is 12.7. The lowest BCUT2D eigenvalue weighted by molar-refractivity contribution is 0.0950. The summed E-state index contributed by atoms with van der Waals surface area (Å²) in [6.07, 6.45) is 1.85. The van der Waals surface area contributed by atoms with Gasteiger partial charge in [-0.3, -0.25) is 9.59 Å². The first-order valence-corrected chi connectivity index (χ1v) is 7.60. The number of aromatic nitrogens is 2. The van der Waals surface area contributed by atoms with E-state index in [1.54, 1.807) is 0 Å². The number of nitrogens with one attached hydrogen (secondary N) is 2. The summed E-state index contributed by atoms with van der Waals surface area (Å²) < 4.78 is 12.8. The largest absolute Gasteiger partial charge is 0.350 e. The number of anilines is 1. The van der Waals surface area contributed by atoms with Gasteiger partial charge in [0, 0.05) is 12.2 Å². The molecule has 1 aromatic heterocycles. The average molecular weight is 322 g/mol. The maximum absolute atomic E-state index is 12.8. The lowest BCUT2D eigenvalue weighted by Crippen LogP contribution is -2.24. The second-order valence-corrected chi connectivity index (χ2v) is 5.46. The van der Waals surface area contributed by atoms with Gasteiger partial charge in [-0.15, -0.1) is 10.2 Å². The van der Waals surface area contributed by atoms with Crippen LogP contribution in [0.2, 0.25) is 0 Å². The van der Waals surface area contributed by atoms with E-state index in [2.05, 4.69) is 20.8 Å². The summed E-state index contributed by atoms with van der Waals surface area (Å²) in [7, 11) is 0. The Labute approximate surface area is 130 Å². The van der Waals surface area contributed by atoms with E-state index in [4.69, 9.17) is 0 Å². The van der Waals surface area contributed by atoms with Crippen LogP contribution in [0, 0.1) is 5.82 Å². The second kappa shape index (κ2) is 7.60. The van der Waals surface area contributed by atoms with Gasteiger partial charge in [-0.25, -0.2) is 4.39 Å². The molecular weight excluding hydrogens is 307 g/mol. The molecule has 0 aliphatic heterocycles. The topological polar surface area (TPSA) is 84.0 Å². The van der Waals surface area contributed by atoms with Crippen molar-refractivity contribution in [2.45, 2.75) is 19.8 Å². The van der Waals surface area contributed by atoms with Gasteiger partial charge in [0.15, 0.2) is 0 Å². The summed E-state index contributed by atoms with van der Waals surface area (Å²) >= 11 is 0.909. The maximum Gasteiger partial charge on any atom is 0.286 e. The summed E-state index contributed by atoms with van der Waals surface area (Å²) in [4.78, 5) is 23.7. The van der Waals surface area contributed by atoms with E-state index in [0.717, 1.165) is 24.2 Å². The zero-order chi connectivity index (χ0) is 15.9. The Kier molecular flexibility index (Phi) is 5.54. The number of unbranched alkanes of at least 4 members (excludes halogenated alkanes) is 1. The summed E-state index contributed by atoms with van der Waals surface area (Å²) in [6.45, 7) is 2.58. The number of hydrogen-bond acceptors (Lipinski definition) is 5. The van der Waals surface area contributed by atoms with Crippen molar-refractivity contribution in [2.24, 2.45) is 0 Å². The first-order chi connectivity index (χ1) is 10.6. The quantitative estimate of drug-likeness (QED) is 0.800. The highest BCUT2D eigenvalue weighted by Crippen LogP contribution is 2.14. The molecule has 0 unspecified atom stereocenters. The fourth-order valence-corrected chi connectivity index (χ4v) is 2.23. The minimum atomic E-state index is -0.489. The number of hydrogen-bond donors (Lipinski definition) is 2. The molecule has 8 heteroatoms. The van der Waals surface area contributed by atoms with Gasteiger partial charge in [0.2, 0.25) is 10.0 Å². The molecule has 0 radical (unpaired) electrons. The highest BCUT2D eigenvalue weighted by molar-refractivity contribution is 7.15. The van der Waals surface area contributed by atoms with Crippen LogP contribution in [-0.2, 0) is 0 Å². The molecule has 2 amide bonds. The Balaban J connectivity index is 1.96. The van der Waals surface area contributed by atoms with Gasteiger partial charge >= 0.3 is 0 Å². The average Bonchev–Trinajstić information content (AvgIpc) is 3.00. The molecule has 1 heterocycles. The third-order valence-electron chi connectivity index (χ3n) is 2.73. The Hall–Kier alpha value is -2.35. The van der Waals surface area contributed by atoms with Crippen LogP contribution >= 0.6 is 11.3 Å². The fourth-order valence-electron chi connectivity index (χ4n) is 1.58. The number of benzene rings is 1. The number of carbonyl (C=O) groups is 2. The maximum atomic E-state index is 12.8. The Morgan fingerprint density at radius 1 is 1.14 bits per heavy atom. The molecule has 2 rings (SSSR count). The third-order valence-corrected chi connectivity index (χ3v) is 3.65. The first kappa shape index (κ1) is 16.0. The van der Waals surface area contributed by atoms with E-state index in [9.17, 15) is 14.0 Å². The molecule has 2 N–H and O–H groups in total. The lowest BCUT2D eigenvalue weighted by atomic mass is 10.3. The van der Waals surface area contributed by atoms with Crippen LogP contribution in [0.3, 0.4) is 0 Å². The highest BCUT2D eigenvalue weighted by atomic mass is 32.1. The van der Waals surface area contributed by atoms with Crippen molar-refractivity contribution >= 4 is 28.8 Å². The Bertz CT molecular complexity index is 657. The van der Waals surface area contributed by atoms with Crippen molar-refractivity contribution in [3.63, 3.8) is 0 Å². The van der Waals surface area contributed by atoms with E-state index in [0.29, 0.717) is 12.2 Å². The smallest absolute Gasteiger partial charge is 0.286 e. The number of halogens is 1. The second-order valence-electron chi connectivity index (χ2n) is 4.48. The molecule has 116 valence electrons. The van der Waals surface area contributed by atoms with Gasteiger partial charge in [-0.1, -0.05) is 24.7 Å². The van der Waals surface area contributed by atoms with E-state index in [-0.39, 0.29) is 21.7 Å². The van der Waals surface area contributed by atoms with E-state index < -0.39 is 5.91 Å². The zero-order valence-electron chi connectivity index (χ0n) is 11.9. The van der Waals surface area contributed by atoms with Crippen LogP contribution in [0.4, 0.5) is 10.1 Å². The SMILES string of the molecule is CCCCNC(=O)c1nnc(C(=O)Nc2ccc(F)cc2)s1. The summed E-state index contributed by atoms with van der Waals surface area (Å²) in [5, 5.41) is 12.9. The van der Waals surface area contributed by atoms with E-state index in [1.807, 2.05) is 6.92 Å². The lowest BCUT2D eigenvalue weighted by Gasteiger charge is -2.01. The van der Waals surface area contributed by atoms with Gasteiger partial charge in [-0.2, -0.15) is 0 Å². The molecule has 0 atom stereocenters. The number of carbonyl (C=O) groups excluding carboxylic acids is 2. The van der Waals surface area contributed by atoms with Gasteiger partial charge in [0.1, 0.15) is 5.82 Å². The molecule has 0 bridgehead atoms. The number of rotatable bonds is 6. The van der Waals surface area contributed by atoms with E-state index in [1.165, 1.54) is 24.3 Å². The van der Waals surface area contributed by atoms with Crippen LogP contribution < -0.4 is 10.6 Å². The summed E-state index contributed by atoms with van der Waals surface area (Å²) in [6, 6.07) is 5.35. The summed E-state index contributed by atoms with van der Waals surface area (Å²) in [5.41, 5.74) is 0.440. The van der Waals surface area contributed by atoms with Crippen LogP contribution in [-0.4, -0.2) is 28.6 Å². The molecule has 22 heavy (non-hydrogen) atoms. The van der Waals surface area contributed by atoms with Crippen LogP contribution in [0.25, 0.3) is 0 Å². The first-order valence-electron chi connectivity index (χ1n) is 6.78. The molecule has 0 saturated carbocycles. The molecule has 0 saturated heterocycles. The molecule has 0 aliphatic carbocycles. The highest BCUT2D eigenvalue weighted by Gasteiger charge is 2.17. The van der Waals surface area contributed by atoms with Gasteiger partial charge in [0.25, 0.3) is 11.8 Å². The van der Waals surface area contributed by atoms with Gasteiger partial charge in [-0.05, 0) is 30.7 Å². The molecule has 2 aromatic rings. The van der Waals surface area contributed by atoms with Crippen molar-refractivity contribution in [2.75, 3.05) is 11.9 Å². The van der Waals surface area contributed by atoms with Gasteiger partial charge < -0.3 is 10.6 Å². The molecule has 0 spiro atoms. The predicted molar refractivity (Wildman–Crippen MR) is 81.5 cm³/mol. The van der Waals surface area contributed by atoms with Gasteiger partial charge in [0.05, 0.1) is 0 Å². The minimum absolute atomic E-state index is 0.0740. The van der Waals surface area contributed by atoms with Crippen LogP contribution in [0.5, 0.6) is 0 Å². The molecule has 1 aromatic carbocycles. The number of nitrogens with zero attached hydrogens (tertiary/aromatic N) is 2. The third kappa shape index (κ3) is 4.32. The van der Waals surface area contributed by atoms with Crippen LogP contribution in [0.15, 0.2) is 24.3 Å². The molecule has 0 aliphatic rings. The number of amides is 2. The van der Waals surface area contributed by atoms with Crippen molar-refractivity contribution in [1.29, 1.82) is 0 Å². The minimum Gasteiger partial charge on any atom is -0.350 e. The van der Waals surface area contributed by atoms with Crippen molar-refractivity contribution in [3.05, 3.63) is 40.1 Å². The Morgan fingerprint density at radius 2 is 1.77 bits per heavy atom. The summed E-state index contributed by atoms with van der Waals surface area (Å²) in [5.74, 6) is -1.22. The van der Waals surface area contributed by atoms with Crippen molar-refractivity contribution in [1.82, 2.24) is 15.5 Å². The van der Waals surface area contributed by atoms with Crippen molar-refractivity contribution in [3.8, 4) is 0 Å².